The van der Waals surface area contributed by atoms with Crippen molar-refractivity contribution in [2.24, 2.45) is 11.7 Å². The third-order valence-corrected chi connectivity index (χ3v) is 7.18. The molecule has 2 atom stereocenters. The zero-order valence-corrected chi connectivity index (χ0v) is 25.8. The Morgan fingerprint density at radius 3 is 1.78 bits per heavy atom. The number of nitrogens with two attached hydrogens (primary N) is 1. The highest BCUT2D eigenvalue weighted by molar-refractivity contribution is 5.85. The van der Waals surface area contributed by atoms with E-state index in [1.165, 1.54) is 4.90 Å². The molecule has 0 fully saturated rings. The van der Waals surface area contributed by atoms with Gasteiger partial charge in [0.1, 0.15) is 12.6 Å². The van der Waals surface area contributed by atoms with Gasteiger partial charge in [-0.15, -0.1) is 0 Å². The highest BCUT2D eigenvalue weighted by atomic mass is 16.5. The van der Waals surface area contributed by atoms with Gasteiger partial charge in [-0.3, -0.25) is 4.79 Å². The van der Waals surface area contributed by atoms with E-state index in [0.717, 1.165) is 27.8 Å². The maximum absolute atomic E-state index is 13.7. The molecular formula is C37H41N3O5. The fourth-order valence-corrected chi connectivity index (χ4v) is 4.84. The molecule has 0 radical (unpaired) electrons. The van der Waals surface area contributed by atoms with Gasteiger partial charge in [0.2, 0.25) is 5.91 Å². The molecule has 3 N–H and O–H groups in total. The van der Waals surface area contributed by atoms with Crippen LogP contribution in [0, 0.1) is 5.92 Å². The number of carbonyl (C=O) groups is 3. The summed E-state index contributed by atoms with van der Waals surface area (Å²) in [5, 5.41) is 2.88. The molecule has 4 aromatic carbocycles. The first-order valence-electron chi connectivity index (χ1n) is 15.1. The van der Waals surface area contributed by atoms with E-state index in [1.54, 1.807) is 0 Å². The van der Waals surface area contributed by atoms with Crippen molar-refractivity contribution >= 4 is 17.9 Å². The van der Waals surface area contributed by atoms with Crippen LogP contribution >= 0.6 is 0 Å². The quantitative estimate of drug-likeness (QED) is 0.167. The first-order chi connectivity index (χ1) is 21.8. The molecular weight excluding hydrogens is 566 g/mol. The van der Waals surface area contributed by atoms with Gasteiger partial charge in [-0.25, -0.2) is 9.59 Å². The van der Waals surface area contributed by atoms with E-state index in [9.17, 15) is 14.4 Å². The van der Waals surface area contributed by atoms with Crippen molar-refractivity contribution in [3.8, 4) is 11.1 Å². The minimum Gasteiger partial charge on any atom is -0.459 e. The highest BCUT2D eigenvalue weighted by Gasteiger charge is 2.29. The Hall–Kier alpha value is -4.95. The van der Waals surface area contributed by atoms with E-state index in [-0.39, 0.29) is 32.1 Å². The zero-order valence-electron chi connectivity index (χ0n) is 25.8. The summed E-state index contributed by atoms with van der Waals surface area (Å²) in [7, 11) is 0. The Balaban J connectivity index is 1.50. The molecule has 0 saturated carbocycles. The van der Waals surface area contributed by atoms with Crippen LogP contribution < -0.4 is 11.1 Å². The van der Waals surface area contributed by atoms with Crippen LogP contribution in [0.3, 0.4) is 0 Å². The van der Waals surface area contributed by atoms with Gasteiger partial charge in [-0.1, -0.05) is 129 Å². The Labute approximate surface area is 265 Å². The summed E-state index contributed by atoms with van der Waals surface area (Å²) >= 11 is 0. The number of rotatable bonds is 15. The van der Waals surface area contributed by atoms with Crippen molar-refractivity contribution < 1.29 is 23.9 Å². The standard InChI is InChI=1S/C37H41N3O5/c1-27(2)23-40(24-34(35(38)41)44-25-29-12-6-3-7-13-29)37(43)39-33(36(42)45-26-30-14-8-4-9-15-30)22-28-18-20-32(21-19-28)31-16-10-5-11-17-31/h3-21,27,33-34H,22-26H2,1-2H3,(H2,38,41)(H,39,43)/t33-,34?/m0/s1. The lowest BCUT2D eigenvalue weighted by Crippen LogP contribution is -2.53. The summed E-state index contributed by atoms with van der Waals surface area (Å²) in [5.74, 6) is -1.16. The van der Waals surface area contributed by atoms with E-state index in [2.05, 4.69) is 5.32 Å². The molecule has 0 aliphatic rings. The first kappa shape index (κ1) is 33.0. The van der Waals surface area contributed by atoms with Gasteiger partial charge < -0.3 is 25.4 Å². The maximum Gasteiger partial charge on any atom is 0.329 e. The Kier molecular flexibility index (Phi) is 12.3. The van der Waals surface area contributed by atoms with Crippen LogP contribution in [0.25, 0.3) is 11.1 Å². The summed E-state index contributed by atoms with van der Waals surface area (Å²) in [4.78, 5) is 41.0. The highest BCUT2D eigenvalue weighted by Crippen LogP contribution is 2.20. The van der Waals surface area contributed by atoms with Crippen LogP contribution in [0.5, 0.6) is 0 Å². The zero-order chi connectivity index (χ0) is 32.0. The monoisotopic (exact) mass is 607 g/mol. The molecule has 0 spiro atoms. The molecule has 0 heterocycles. The number of hydrogen-bond donors (Lipinski definition) is 2. The number of primary amides is 1. The summed E-state index contributed by atoms with van der Waals surface area (Å²) in [6.45, 7) is 4.42. The molecule has 234 valence electrons. The van der Waals surface area contributed by atoms with E-state index >= 15 is 0 Å². The lowest BCUT2D eigenvalue weighted by molar-refractivity contribution is -0.147. The average Bonchev–Trinajstić information content (AvgIpc) is 3.06. The van der Waals surface area contributed by atoms with Crippen LogP contribution in [-0.2, 0) is 38.7 Å². The van der Waals surface area contributed by atoms with E-state index in [0.29, 0.717) is 6.54 Å². The number of carbonyl (C=O) groups excluding carboxylic acids is 3. The smallest absolute Gasteiger partial charge is 0.329 e. The van der Waals surface area contributed by atoms with Gasteiger partial charge >= 0.3 is 12.0 Å². The largest absolute Gasteiger partial charge is 0.459 e. The second-order valence-corrected chi connectivity index (χ2v) is 11.3. The SMILES string of the molecule is CC(C)CN(CC(OCc1ccccc1)C(N)=O)C(=O)N[C@@H](Cc1ccc(-c2ccccc2)cc1)C(=O)OCc1ccccc1. The van der Waals surface area contributed by atoms with Crippen molar-refractivity contribution in [3.63, 3.8) is 0 Å². The fourth-order valence-electron chi connectivity index (χ4n) is 4.84. The molecule has 1 unspecified atom stereocenters. The first-order valence-corrected chi connectivity index (χ1v) is 15.1. The van der Waals surface area contributed by atoms with Crippen LogP contribution in [0.2, 0.25) is 0 Å². The number of nitrogens with one attached hydrogen (secondary N) is 1. The Morgan fingerprint density at radius 1 is 0.689 bits per heavy atom. The predicted molar refractivity (Wildman–Crippen MR) is 175 cm³/mol. The summed E-state index contributed by atoms with van der Waals surface area (Å²) in [5.41, 5.74) is 10.4. The molecule has 8 heteroatoms. The molecule has 8 nitrogen and oxygen atoms in total. The van der Waals surface area contributed by atoms with Crippen molar-refractivity contribution in [1.82, 2.24) is 10.2 Å². The molecule has 4 rings (SSSR count). The van der Waals surface area contributed by atoms with Gasteiger partial charge in [-0.05, 0) is 33.7 Å². The summed E-state index contributed by atoms with van der Waals surface area (Å²) in [6, 6.07) is 35.2. The topological polar surface area (TPSA) is 111 Å². The summed E-state index contributed by atoms with van der Waals surface area (Å²) in [6.07, 6.45) is -0.822. The van der Waals surface area contributed by atoms with E-state index in [1.807, 2.05) is 129 Å². The number of benzene rings is 4. The second kappa shape index (κ2) is 16.8. The van der Waals surface area contributed by atoms with Crippen molar-refractivity contribution in [1.29, 1.82) is 0 Å². The number of nitrogens with zero attached hydrogens (tertiary/aromatic N) is 1. The molecule has 4 aromatic rings. The molecule has 0 aromatic heterocycles. The van der Waals surface area contributed by atoms with Gasteiger partial charge in [0.25, 0.3) is 0 Å². The Morgan fingerprint density at radius 2 is 1.22 bits per heavy atom. The lowest BCUT2D eigenvalue weighted by atomic mass is 10.0. The number of hydrogen-bond acceptors (Lipinski definition) is 5. The minimum absolute atomic E-state index is 0.0657. The molecule has 0 aliphatic heterocycles. The van der Waals surface area contributed by atoms with Crippen molar-refractivity contribution in [2.75, 3.05) is 13.1 Å². The molecule has 45 heavy (non-hydrogen) atoms. The van der Waals surface area contributed by atoms with Gasteiger partial charge in [0.15, 0.2) is 6.10 Å². The minimum atomic E-state index is -1.04. The third-order valence-electron chi connectivity index (χ3n) is 7.18. The van der Waals surface area contributed by atoms with Crippen molar-refractivity contribution in [2.45, 2.75) is 45.6 Å². The molecule has 0 saturated heterocycles. The van der Waals surface area contributed by atoms with Crippen LogP contribution in [0.4, 0.5) is 4.79 Å². The molecule has 3 amide bonds. The molecule has 0 bridgehead atoms. The Bertz CT molecular complexity index is 1500. The van der Waals surface area contributed by atoms with Crippen LogP contribution in [0.15, 0.2) is 115 Å². The van der Waals surface area contributed by atoms with E-state index in [4.69, 9.17) is 15.2 Å². The number of ether oxygens (including phenoxy) is 2. The van der Waals surface area contributed by atoms with E-state index < -0.39 is 30.1 Å². The van der Waals surface area contributed by atoms with Crippen molar-refractivity contribution in [3.05, 3.63) is 132 Å². The number of urea groups is 1. The van der Waals surface area contributed by atoms with Crippen LogP contribution in [0.1, 0.15) is 30.5 Å². The summed E-state index contributed by atoms with van der Waals surface area (Å²) < 4.78 is 11.5. The lowest BCUT2D eigenvalue weighted by Gasteiger charge is -2.30. The number of esters is 1. The molecule has 0 aliphatic carbocycles. The van der Waals surface area contributed by atoms with Gasteiger partial charge in [0.05, 0.1) is 13.2 Å². The fraction of sp³-hybridized carbons (Fsp3) is 0.270. The number of amides is 3. The van der Waals surface area contributed by atoms with Gasteiger partial charge in [-0.2, -0.15) is 0 Å². The predicted octanol–water partition coefficient (Wildman–Crippen LogP) is 5.75. The average molecular weight is 608 g/mol. The third kappa shape index (κ3) is 10.6. The van der Waals surface area contributed by atoms with Gasteiger partial charge in [0, 0.05) is 13.0 Å². The normalized spacial score (nSPS) is 12.2. The maximum atomic E-state index is 13.7. The van der Waals surface area contributed by atoms with Crippen LogP contribution in [-0.4, -0.2) is 48.0 Å². The second-order valence-electron chi connectivity index (χ2n) is 11.3.